The molecule has 0 aliphatic heterocycles. The molecule has 17 heavy (non-hydrogen) atoms. The highest BCUT2D eigenvalue weighted by atomic mass is 16.1. The summed E-state index contributed by atoms with van der Waals surface area (Å²) >= 11 is 0. The van der Waals surface area contributed by atoms with Gasteiger partial charge in [-0.15, -0.1) is 0 Å². The summed E-state index contributed by atoms with van der Waals surface area (Å²) in [6.45, 7) is 5.93. The van der Waals surface area contributed by atoms with Crippen molar-refractivity contribution in [3.63, 3.8) is 0 Å². The minimum absolute atomic E-state index is 0.0953. The molecule has 0 saturated heterocycles. The number of fused-ring (bicyclic) bond motifs is 1. The maximum Gasteiger partial charge on any atom is 0.130 e. The van der Waals surface area contributed by atoms with E-state index in [9.17, 15) is 4.79 Å². The van der Waals surface area contributed by atoms with E-state index in [0.29, 0.717) is 6.42 Å². The van der Waals surface area contributed by atoms with Crippen LogP contribution in [0.4, 0.5) is 0 Å². The quantitative estimate of drug-likeness (QED) is 0.771. The molecule has 0 bridgehead atoms. The van der Waals surface area contributed by atoms with E-state index in [1.807, 2.05) is 12.1 Å². The van der Waals surface area contributed by atoms with Gasteiger partial charge in [-0.3, -0.25) is 4.79 Å². The normalized spacial score (nSPS) is 11.7. The predicted octanol–water partition coefficient (Wildman–Crippen LogP) is 4.05. The van der Waals surface area contributed by atoms with Gasteiger partial charge in [-0.2, -0.15) is 0 Å². The summed E-state index contributed by atoms with van der Waals surface area (Å²) in [5, 5.41) is 0. The van der Waals surface area contributed by atoms with Gasteiger partial charge in [0.05, 0.1) is 0 Å². The van der Waals surface area contributed by atoms with Crippen LogP contribution in [0.15, 0.2) is 42.5 Å². The van der Waals surface area contributed by atoms with Crippen molar-refractivity contribution in [2.45, 2.75) is 32.6 Å². The largest absolute Gasteiger partial charge is 0.300 e. The van der Waals surface area contributed by atoms with E-state index in [1.54, 1.807) is 6.92 Å². The Kier molecular flexibility index (Phi) is 3.01. The zero-order chi connectivity index (χ0) is 12.5. The van der Waals surface area contributed by atoms with E-state index >= 15 is 0 Å². The van der Waals surface area contributed by atoms with Crippen LogP contribution in [0.5, 0.6) is 0 Å². The summed E-state index contributed by atoms with van der Waals surface area (Å²) in [7, 11) is 0. The van der Waals surface area contributed by atoms with Crippen molar-refractivity contribution in [3.8, 4) is 11.1 Å². The van der Waals surface area contributed by atoms with E-state index < -0.39 is 0 Å². The molecule has 0 fully saturated rings. The van der Waals surface area contributed by atoms with Gasteiger partial charge in [0.25, 0.3) is 0 Å². The number of hydrogen-bond donors (Lipinski definition) is 0. The summed E-state index contributed by atoms with van der Waals surface area (Å²) in [6.07, 6.45) is 0.588. The zero-order valence-corrected chi connectivity index (χ0v) is 10.7. The minimum Gasteiger partial charge on any atom is -0.300 e. The Morgan fingerprint density at radius 3 is 2.47 bits per heavy atom. The first kappa shape index (κ1) is 11.8. The first-order valence-corrected chi connectivity index (χ1v) is 5.98. The number of hydrogen-bond acceptors (Lipinski definition) is 1. The Morgan fingerprint density at radius 2 is 1.76 bits per heavy atom. The van der Waals surface area contributed by atoms with Crippen molar-refractivity contribution in [1.29, 1.82) is 0 Å². The molecule has 88 valence electrons. The smallest absolute Gasteiger partial charge is 0.130 e. The third-order valence-electron chi connectivity index (χ3n) is 3.21. The molecule has 0 saturated carbocycles. The molecule has 0 N–H and O–H groups in total. The van der Waals surface area contributed by atoms with Gasteiger partial charge in [0, 0.05) is 6.42 Å². The molecule has 0 radical (unpaired) electrons. The molecule has 0 aromatic heterocycles. The molecule has 2 aliphatic rings. The van der Waals surface area contributed by atoms with Crippen molar-refractivity contribution in [3.05, 3.63) is 48.0 Å². The summed E-state index contributed by atoms with van der Waals surface area (Å²) in [4.78, 5) is 11.4. The maximum atomic E-state index is 11.4. The number of rotatable bonds is 3. The topological polar surface area (TPSA) is 17.1 Å². The standard InChI is InChI=1S/C16H18O/c1-12(17)11-16(2,3)15-10-9-13-7-5-4-6-8-14(13)15/h4-10H,11H2,1-3H3. The van der Waals surface area contributed by atoms with Crippen LogP contribution >= 0.6 is 0 Å². The lowest BCUT2D eigenvalue weighted by atomic mass is 9.79. The van der Waals surface area contributed by atoms with E-state index in [0.717, 1.165) is 0 Å². The molecule has 0 spiro atoms. The van der Waals surface area contributed by atoms with Gasteiger partial charge in [0.2, 0.25) is 0 Å². The lowest BCUT2D eigenvalue weighted by molar-refractivity contribution is -0.118. The van der Waals surface area contributed by atoms with Gasteiger partial charge in [-0.25, -0.2) is 0 Å². The van der Waals surface area contributed by atoms with Gasteiger partial charge in [0.1, 0.15) is 5.78 Å². The van der Waals surface area contributed by atoms with Crippen LogP contribution in [0.25, 0.3) is 11.1 Å². The average Bonchev–Trinajstić information content (AvgIpc) is 2.48. The van der Waals surface area contributed by atoms with Crippen LogP contribution in [-0.2, 0) is 10.2 Å². The van der Waals surface area contributed by atoms with Crippen LogP contribution in [0.1, 0.15) is 32.8 Å². The van der Waals surface area contributed by atoms with Gasteiger partial charge in [0.15, 0.2) is 0 Å². The van der Waals surface area contributed by atoms with E-state index in [1.165, 1.54) is 16.7 Å². The average molecular weight is 226 g/mol. The predicted molar refractivity (Wildman–Crippen MR) is 71.4 cm³/mol. The third kappa shape index (κ3) is 2.38. The van der Waals surface area contributed by atoms with E-state index in [4.69, 9.17) is 0 Å². The van der Waals surface area contributed by atoms with Crippen LogP contribution in [0.2, 0.25) is 0 Å². The van der Waals surface area contributed by atoms with Crippen molar-refractivity contribution in [1.82, 2.24) is 0 Å². The van der Waals surface area contributed by atoms with E-state index in [-0.39, 0.29) is 11.2 Å². The first-order valence-electron chi connectivity index (χ1n) is 5.98. The highest BCUT2D eigenvalue weighted by molar-refractivity contribution is 5.79. The number of Topliss-reactive ketones (excluding diaryl/α,β-unsaturated/α-hetero) is 1. The second kappa shape index (κ2) is 4.33. The Bertz CT molecular complexity index is 511. The van der Waals surface area contributed by atoms with E-state index in [2.05, 4.69) is 44.2 Å². The van der Waals surface area contributed by atoms with Crippen LogP contribution in [0.3, 0.4) is 0 Å². The molecule has 0 heterocycles. The number of ketones is 1. The van der Waals surface area contributed by atoms with Crippen molar-refractivity contribution >= 4 is 5.78 Å². The van der Waals surface area contributed by atoms with Crippen molar-refractivity contribution < 1.29 is 4.79 Å². The molecule has 1 heteroatoms. The van der Waals surface area contributed by atoms with Gasteiger partial charge < -0.3 is 0 Å². The number of carbonyl (C=O) groups excluding carboxylic acids is 1. The summed E-state index contributed by atoms with van der Waals surface area (Å²) in [5.41, 5.74) is 3.66. The van der Waals surface area contributed by atoms with Gasteiger partial charge >= 0.3 is 0 Å². The molecular weight excluding hydrogens is 208 g/mol. The molecular formula is C16H18O. The van der Waals surface area contributed by atoms with Crippen molar-refractivity contribution in [2.75, 3.05) is 0 Å². The van der Waals surface area contributed by atoms with Crippen LogP contribution in [0, 0.1) is 0 Å². The fourth-order valence-corrected chi connectivity index (χ4v) is 2.52. The Balaban J connectivity index is 2.48. The second-order valence-corrected chi connectivity index (χ2v) is 5.29. The van der Waals surface area contributed by atoms with Crippen molar-refractivity contribution in [2.24, 2.45) is 0 Å². The maximum absolute atomic E-state index is 11.4. The van der Waals surface area contributed by atoms with Gasteiger partial charge in [-0.1, -0.05) is 56.3 Å². The second-order valence-electron chi connectivity index (χ2n) is 5.29. The lowest BCUT2D eigenvalue weighted by Gasteiger charge is -2.24. The lowest BCUT2D eigenvalue weighted by Crippen LogP contribution is -2.20. The number of carbonyl (C=O) groups is 1. The summed E-state index contributed by atoms with van der Waals surface area (Å²) in [5.74, 6) is 0.240. The van der Waals surface area contributed by atoms with Crippen LogP contribution in [-0.4, -0.2) is 5.78 Å². The Hall–Kier alpha value is -1.63. The molecule has 0 aromatic rings. The third-order valence-corrected chi connectivity index (χ3v) is 3.21. The molecule has 2 rings (SSSR count). The molecule has 0 unspecified atom stereocenters. The Labute approximate surface area is 103 Å². The summed E-state index contributed by atoms with van der Waals surface area (Å²) in [6, 6.07) is 14.6. The summed E-state index contributed by atoms with van der Waals surface area (Å²) < 4.78 is 0. The monoisotopic (exact) mass is 226 g/mol. The highest BCUT2D eigenvalue weighted by Gasteiger charge is 2.26. The minimum atomic E-state index is -0.0953. The highest BCUT2D eigenvalue weighted by Crippen LogP contribution is 2.37. The molecule has 0 amide bonds. The Morgan fingerprint density at radius 1 is 1.06 bits per heavy atom. The molecule has 2 aliphatic carbocycles. The first-order chi connectivity index (χ1) is 8.00. The molecule has 0 atom stereocenters. The fraction of sp³-hybridized carbons (Fsp3) is 0.312. The molecule has 1 nitrogen and oxygen atoms in total. The van der Waals surface area contributed by atoms with Crippen LogP contribution < -0.4 is 0 Å². The molecule has 0 aromatic carbocycles. The fourth-order valence-electron chi connectivity index (χ4n) is 2.52. The zero-order valence-electron chi connectivity index (χ0n) is 10.7. The van der Waals surface area contributed by atoms with Gasteiger partial charge in [-0.05, 0) is 29.0 Å². The SMILES string of the molecule is CC(=O)CC(C)(C)c1ccc2cccccc1-2.